The number of hydrogen-bond acceptors (Lipinski definition) is 15. The van der Waals surface area contributed by atoms with Crippen molar-refractivity contribution in [3.8, 4) is 0 Å². The lowest BCUT2D eigenvalue weighted by atomic mass is 9.85. The fraction of sp³-hybridized carbons (Fsp3) is 0.574. The number of nitrogens with one attached hydrogen (secondary N) is 2. The molecule has 4 aliphatic heterocycles. The SMILES string of the molecule is CC(C)C(Br)C=O.COC(=O)[C@@H]1C[C@@H](OC(=O)N2Cc3cccc(Cl)c3C2)CN1C(=O)[C@@H](NC(N)=S)C(C)(C)C.COC(=O)[C@@H]1C[C@@H](OC(=O)N2Cc3cccc(Cl)c3C2)CN1C(=O)[C@@H](Nc1ncc(C(C)C)s1)C(C)(C)C. The van der Waals surface area contributed by atoms with Crippen molar-refractivity contribution in [2.24, 2.45) is 22.5 Å². The van der Waals surface area contributed by atoms with E-state index >= 15 is 0 Å². The Kier molecular flexibility index (Phi) is 22.2. The van der Waals surface area contributed by atoms with Crippen molar-refractivity contribution in [1.29, 1.82) is 0 Å². The average Bonchev–Trinajstić information content (AvgIpc) is 4.24. The summed E-state index contributed by atoms with van der Waals surface area (Å²) in [5.74, 6) is -1.02. The van der Waals surface area contributed by atoms with Gasteiger partial charge < -0.3 is 49.9 Å². The second-order valence-corrected chi connectivity index (χ2v) is 25.7. The van der Waals surface area contributed by atoms with E-state index in [1.807, 2.05) is 85.9 Å². The number of thiocarbonyl (C=S) groups is 1. The van der Waals surface area contributed by atoms with Crippen LogP contribution in [0.3, 0.4) is 0 Å². The Morgan fingerprint density at radius 2 is 1.19 bits per heavy atom. The molecule has 1 unspecified atom stereocenters. The predicted molar refractivity (Wildman–Crippen MR) is 306 cm³/mol. The lowest BCUT2D eigenvalue weighted by molar-refractivity contribution is -0.152. The first-order valence-corrected chi connectivity index (χ1v) is 28.5. The fourth-order valence-electron chi connectivity index (χ4n) is 9.10. The molecular formula is C54H73BrCl2N8O11S2. The molecule has 0 saturated carbocycles. The maximum absolute atomic E-state index is 13.9. The van der Waals surface area contributed by atoms with Crippen LogP contribution in [0.1, 0.15) is 115 Å². The number of alkyl halides is 1. The molecule has 19 nitrogen and oxygen atoms in total. The largest absolute Gasteiger partial charge is 0.467 e. The van der Waals surface area contributed by atoms with Gasteiger partial charge in [-0.3, -0.25) is 19.4 Å². The van der Waals surface area contributed by atoms with E-state index in [9.17, 15) is 33.6 Å². The Morgan fingerprint density at radius 1 is 0.756 bits per heavy atom. The third-order valence-corrected chi connectivity index (χ3v) is 16.9. The van der Waals surface area contributed by atoms with E-state index in [1.54, 1.807) is 21.9 Å². The van der Waals surface area contributed by atoms with Crippen LogP contribution in [0, 0.1) is 16.7 Å². The van der Waals surface area contributed by atoms with Gasteiger partial charge in [0.1, 0.15) is 42.7 Å². The Labute approximate surface area is 485 Å². The lowest BCUT2D eigenvalue weighted by Gasteiger charge is -2.35. The molecule has 2 fully saturated rings. The van der Waals surface area contributed by atoms with Crippen molar-refractivity contribution in [3.63, 3.8) is 0 Å². The Balaban J connectivity index is 0.000000258. The number of anilines is 1. The number of halogens is 3. The zero-order valence-electron chi connectivity index (χ0n) is 46.2. The summed E-state index contributed by atoms with van der Waals surface area (Å²) in [5.41, 5.74) is 8.34. The maximum Gasteiger partial charge on any atom is 0.410 e. The van der Waals surface area contributed by atoms with Crippen LogP contribution in [0.25, 0.3) is 0 Å². The lowest BCUT2D eigenvalue weighted by Crippen LogP contribution is -2.57. The molecule has 7 atom stereocenters. The van der Waals surface area contributed by atoms with Crippen LogP contribution >= 0.6 is 62.7 Å². The molecule has 0 bridgehead atoms. The van der Waals surface area contributed by atoms with Crippen molar-refractivity contribution >= 4 is 115 Å². The smallest absolute Gasteiger partial charge is 0.410 e. The van der Waals surface area contributed by atoms with E-state index in [4.69, 9.17) is 60.1 Å². The molecule has 0 spiro atoms. The van der Waals surface area contributed by atoms with Gasteiger partial charge in [0.05, 0.1) is 45.2 Å². The summed E-state index contributed by atoms with van der Waals surface area (Å²) >= 11 is 22.1. The summed E-state index contributed by atoms with van der Waals surface area (Å²) in [5, 5.41) is 7.97. The summed E-state index contributed by atoms with van der Waals surface area (Å²) in [7, 11) is 2.54. The van der Waals surface area contributed by atoms with Crippen molar-refractivity contribution in [2.45, 2.75) is 155 Å². The number of carbonyl (C=O) groups is 7. The van der Waals surface area contributed by atoms with Crippen molar-refractivity contribution in [2.75, 3.05) is 32.6 Å². The highest BCUT2D eigenvalue weighted by Crippen LogP contribution is 2.35. The fourth-order valence-corrected chi connectivity index (χ4v) is 10.6. The molecule has 0 aliphatic carbocycles. The van der Waals surface area contributed by atoms with Gasteiger partial charge >= 0.3 is 24.1 Å². The maximum atomic E-state index is 13.9. The topological polar surface area (TPSA) is 232 Å². The molecule has 0 radical (unpaired) electrons. The zero-order valence-corrected chi connectivity index (χ0v) is 51.0. The first-order chi connectivity index (χ1) is 36.5. The third kappa shape index (κ3) is 16.2. The van der Waals surface area contributed by atoms with Gasteiger partial charge in [-0.25, -0.2) is 24.2 Å². The van der Waals surface area contributed by atoms with Gasteiger partial charge in [0, 0.05) is 47.1 Å². The zero-order chi connectivity index (χ0) is 58.1. The molecule has 4 aliphatic rings. The minimum Gasteiger partial charge on any atom is -0.467 e. The molecule has 2 saturated heterocycles. The summed E-state index contributed by atoms with van der Waals surface area (Å²) in [6.07, 6.45) is 0.665. The summed E-state index contributed by atoms with van der Waals surface area (Å²) in [6.45, 7) is 21.2. The van der Waals surface area contributed by atoms with E-state index in [0.29, 0.717) is 53.2 Å². The highest BCUT2D eigenvalue weighted by atomic mass is 79.9. The number of nitrogens with two attached hydrogens (primary N) is 1. The summed E-state index contributed by atoms with van der Waals surface area (Å²) in [4.78, 5) is 99.8. The summed E-state index contributed by atoms with van der Waals surface area (Å²) < 4.78 is 21.4. The molecule has 5 heterocycles. The van der Waals surface area contributed by atoms with E-state index in [2.05, 4.69) is 45.4 Å². The highest BCUT2D eigenvalue weighted by molar-refractivity contribution is 9.10. The van der Waals surface area contributed by atoms with Crippen molar-refractivity contribution in [1.82, 2.24) is 29.9 Å². The van der Waals surface area contributed by atoms with Gasteiger partial charge in [0.15, 0.2) is 10.2 Å². The quantitative estimate of drug-likeness (QED) is 0.0505. The molecule has 7 rings (SSSR count). The van der Waals surface area contributed by atoms with Crippen LogP contribution in [0.5, 0.6) is 0 Å². The van der Waals surface area contributed by atoms with Crippen molar-refractivity contribution in [3.05, 3.63) is 79.8 Å². The first-order valence-electron chi connectivity index (χ1n) is 25.6. The number of methoxy groups -OCH3 is 2. The Hall–Kier alpha value is -5.29. The predicted octanol–water partition coefficient (Wildman–Crippen LogP) is 8.83. The molecule has 3 aromatic rings. The number of nitrogens with zero attached hydrogens (tertiary/aromatic N) is 5. The molecule has 4 amide bonds. The van der Waals surface area contributed by atoms with E-state index < -0.39 is 71.3 Å². The number of ether oxygens (including phenoxy) is 4. The number of esters is 2. The van der Waals surface area contributed by atoms with E-state index in [1.165, 1.54) is 35.4 Å². The van der Waals surface area contributed by atoms with Gasteiger partial charge in [-0.15, -0.1) is 11.3 Å². The number of likely N-dealkylation sites (tertiary alicyclic amines) is 2. The van der Waals surface area contributed by atoms with Crippen LogP contribution < -0.4 is 16.4 Å². The second kappa shape index (κ2) is 27.2. The van der Waals surface area contributed by atoms with Gasteiger partial charge in [-0.05, 0) is 69.3 Å². The highest BCUT2D eigenvalue weighted by Gasteiger charge is 2.48. The van der Waals surface area contributed by atoms with Gasteiger partial charge in [-0.1, -0.05) is 133 Å². The number of amides is 4. The van der Waals surface area contributed by atoms with Crippen LogP contribution in [0.15, 0.2) is 42.6 Å². The monoisotopic (exact) mass is 1220 g/mol. The van der Waals surface area contributed by atoms with Crippen LogP contribution in [0.2, 0.25) is 10.0 Å². The molecule has 2 aromatic carbocycles. The number of aldehydes is 1. The van der Waals surface area contributed by atoms with E-state index in [-0.39, 0.29) is 47.7 Å². The number of rotatable bonds is 12. The number of carbonyl (C=O) groups excluding carboxylic acids is 7. The number of thiazole rings is 1. The normalized spacial score (nSPS) is 19.8. The second-order valence-electron chi connectivity index (χ2n) is 22.3. The minimum atomic E-state index is -0.886. The van der Waals surface area contributed by atoms with E-state index in [0.717, 1.165) is 33.4 Å². The molecule has 428 valence electrons. The standard InChI is InChI=1S/C27H35ClN4O5S.C22H29ClN4O5S.C5H9BrO/c1-15(2)21-11-29-25(38-21)30-22(27(3,4)5)23(33)32-13-17(10-20(32)24(34)36-6)37-26(35)31-12-16-8-7-9-19(28)18(16)14-31;1-22(2,3)17(25-20(24)33)18(28)27-10-13(8-16(27)19(29)31-4)32-21(30)26-9-12-6-5-7-15(23)14(12)11-26;1-4(2)5(6)3-7/h7-9,11,15,17,20,22H,10,12-14H2,1-6H3,(H,29,30);5-7,13,16-17H,8-11H2,1-4H3,(H3,24,25,33);3-5H,1-2H3/t17-,20+,22-;13-,16+,17-;/m11./s1. The van der Waals surface area contributed by atoms with Crippen molar-refractivity contribution < 1.29 is 52.5 Å². The Morgan fingerprint density at radius 3 is 1.53 bits per heavy atom. The molecule has 4 N–H and O–H groups in total. The van der Waals surface area contributed by atoms with Gasteiger partial charge in [0.2, 0.25) is 11.8 Å². The molecule has 24 heteroatoms. The third-order valence-electron chi connectivity index (χ3n) is 13.6. The summed E-state index contributed by atoms with van der Waals surface area (Å²) in [6, 6.07) is 7.94. The number of fused-ring (bicyclic) bond motifs is 2. The number of benzene rings is 2. The minimum absolute atomic E-state index is 0.0210. The van der Waals surface area contributed by atoms with Crippen LogP contribution in [0.4, 0.5) is 14.7 Å². The average molecular weight is 1230 g/mol. The number of aromatic nitrogens is 1. The van der Waals surface area contributed by atoms with Gasteiger partial charge in [-0.2, -0.15) is 0 Å². The first kappa shape index (κ1) is 63.5. The van der Waals surface area contributed by atoms with Crippen LogP contribution in [-0.4, -0.2) is 140 Å². The molecule has 78 heavy (non-hydrogen) atoms. The number of hydrogen-bond donors (Lipinski definition) is 3. The van der Waals surface area contributed by atoms with Crippen LogP contribution in [-0.2, 0) is 69.1 Å². The molecule has 1 aromatic heterocycles. The van der Waals surface area contributed by atoms with Gasteiger partial charge in [0.25, 0.3) is 0 Å². The Bertz CT molecular complexity index is 2680. The molecular weight excluding hydrogens is 1150 g/mol.